The second-order valence-corrected chi connectivity index (χ2v) is 8.61. The normalized spacial score (nSPS) is 17.1. The fourth-order valence-corrected chi connectivity index (χ4v) is 4.75. The minimum atomic E-state index is -0.757. The number of carbonyl (C=O) groups excluding carboxylic acids is 2. The quantitative estimate of drug-likeness (QED) is 0.223. The Kier molecular flexibility index (Phi) is 6.21. The van der Waals surface area contributed by atoms with Crippen LogP contribution in [0.25, 0.3) is 16.7 Å². The number of aromatic amines is 1. The maximum absolute atomic E-state index is 13.3. The molecule has 7 heteroatoms. The predicted octanol–water partition coefficient (Wildman–Crippen LogP) is 4.85. The number of aliphatic hydroxyl groups is 1. The summed E-state index contributed by atoms with van der Waals surface area (Å²) in [5.41, 5.74) is 3.23. The molecule has 3 aromatic carbocycles. The minimum absolute atomic E-state index is 0.0531. The molecule has 0 saturated carbocycles. The van der Waals surface area contributed by atoms with Gasteiger partial charge in [0.1, 0.15) is 17.3 Å². The van der Waals surface area contributed by atoms with E-state index in [1.807, 2.05) is 36.5 Å². The predicted molar refractivity (Wildman–Crippen MR) is 137 cm³/mol. The second-order valence-electron chi connectivity index (χ2n) is 8.61. The van der Waals surface area contributed by atoms with E-state index in [9.17, 15) is 14.7 Å². The van der Waals surface area contributed by atoms with E-state index in [4.69, 9.17) is 9.47 Å². The summed E-state index contributed by atoms with van der Waals surface area (Å²) < 4.78 is 10.6. The van der Waals surface area contributed by atoms with Gasteiger partial charge < -0.3 is 24.5 Å². The Bertz CT molecular complexity index is 1470. The molecule has 2 heterocycles. The number of para-hydroxylation sites is 1. The zero-order valence-corrected chi connectivity index (χ0v) is 20.0. The van der Waals surface area contributed by atoms with Crippen LogP contribution >= 0.6 is 0 Å². The summed E-state index contributed by atoms with van der Waals surface area (Å²) in [4.78, 5) is 31.4. The Labute approximate surface area is 208 Å². The number of nitrogens with one attached hydrogen (secondary N) is 1. The first-order valence-corrected chi connectivity index (χ1v) is 11.6. The lowest BCUT2D eigenvalue weighted by atomic mass is 9.95. The summed E-state index contributed by atoms with van der Waals surface area (Å²) in [6.45, 7) is 0.299. The number of H-pyrrole nitrogens is 1. The number of ketones is 1. The number of fused-ring (bicyclic) bond motifs is 1. The van der Waals surface area contributed by atoms with Crippen molar-refractivity contribution in [2.24, 2.45) is 0 Å². The number of nitrogens with zero attached hydrogens (tertiary/aromatic N) is 1. The van der Waals surface area contributed by atoms with E-state index in [2.05, 4.69) is 4.98 Å². The molecule has 1 fully saturated rings. The standard InChI is InChI=1S/C29H26N2O5/c1-35-21-12-10-18(11-13-21)27(32)25-26(19-6-5-7-22(16-19)36-2)31(29(34)28(25)33)15-14-20-17-30-24-9-4-3-8-23(20)24/h3-13,16-17,26,30,32H,14-15H2,1-2H3. The third-order valence-corrected chi connectivity index (χ3v) is 6.61. The van der Waals surface area contributed by atoms with Gasteiger partial charge in [0.05, 0.1) is 25.8 Å². The van der Waals surface area contributed by atoms with Crippen LogP contribution in [0.4, 0.5) is 0 Å². The smallest absolute Gasteiger partial charge is 0.295 e. The van der Waals surface area contributed by atoms with Crippen LogP contribution in [-0.2, 0) is 16.0 Å². The Morgan fingerprint density at radius 3 is 2.44 bits per heavy atom. The van der Waals surface area contributed by atoms with Crippen molar-refractivity contribution < 1.29 is 24.2 Å². The average molecular weight is 483 g/mol. The largest absolute Gasteiger partial charge is 0.507 e. The number of aromatic nitrogens is 1. The van der Waals surface area contributed by atoms with Crippen LogP contribution in [0, 0.1) is 0 Å². The van der Waals surface area contributed by atoms with Crippen molar-refractivity contribution in [3.8, 4) is 11.5 Å². The molecule has 1 amide bonds. The van der Waals surface area contributed by atoms with E-state index in [0.29, 0.717) is 35.6 Å². The van der Waals surface area contributed by atoms with Crippen LogP contribution < -0.4 is 9.47 Å². The monoisotopic (exact) mass is 482 g/mol. The molecule has 0 radical (unpaired) electrons. The molecule has 182 valence electrons. The number of hydrogen-bond donors (Lipinski definition) is 2. The summed E-state index contributed by atoms with van der Waals surface area (Å²) in [7, 11) is 3.11. The molecule has 1 atom stereocenters. The Hall–Kier alpha value is -4.52. The van der Waals surface area contributed by atoms with Gasteiger partial charge in [0.25, 0.3) is 11.7 Å². The highest BCUT2D eigenvalue weighted by Crippen LogP contribution is 2.40. The highest BCUT2D eigenvalue weighted by molar-refractivity contribution is 6.46. The van der Waals surface area contributed by atoms with Crippen molar-refractivity contribution in [1.29, 1.82) is 0 Å². The van der Waals surface area contributed by atoms with Crippen LogP contribution in [0.5, 0.6) is 11.5 Å². The van der Waals surface area contributed by atoms with Crippen molar-refractivity contribution >= 4 is 28.4 Å². The van der Waals surface area contributed by atoms with Crippen molar-refractivity contribution in [3.63, 3.8) is 0 Å². The summed E-state index contributed by atoms with van der Waals surface area (Å²) in [5, 5.41) is 12.3. The zero-order chi connectivity index (χ0) is 25.2. The molecule has 0 aliphatic carbocycles. The Morgan fingerprint density at radius 2 is 1.69 bits per heavy atom. The number of ether oxygens (including phenoxy) is 2. The van der Waals surface area contributed by atoms with Crippen LogP contribution in [-0.4, -0.2) is 47.4 Å². The Balaban J connectivity index is 1.57. The highest BCUT2D eigenvalue weighted by Gasteiger charge is 2.46. The molecule has 1 aromatic heterocycles. The van der Waals surface area contributed by atoms with Crippen molar-refractivity contribution in [2.75, 3.05) is 20.8 Å². The van der Waals surface area contributed by atoms with E-state index in [1.165, 1.54) is 4.90 Å². The van der Waals surface area contributed by atoms with Gasteiger partial charge in [0, 0.05) is 29.2 Å². The molecule has 1 aliphatic heterocycles. The first-order chi connectivity index (χ1) is 17.5. The summed E-state index contributed by atoms with van der Waals surface area (Å²) >= 11 is 0. The molecule has 1 aliphatic rings. The van der Waals surface area contributed by atoms with Crippen molar-refractivity contribution in [3.05, 3.63) is 101 Å². The lowest BCUT2D eigenvalue weighted by Gasteiger charge is -2.25. The van der Waals surface area contributed by atoms with Gasteiger partial charge in [-0.25, -0.2) is 0 Å². The molecule has 36 heavy (non-hydrogen) atoms. The average Bonchev–Trinajstić information content (AvgIpc) is 3.45. The number of hydrogen-bond acceptors (Lipinski definition) is 5. The molecular weight excluding hydrogens is 456 g/mol. The first-order valence-electron chi connectivity index (χ1n) is 11.6. The van der Waals surface area contributed by atoms with Crippen LogP contribution in [0.15, 0.2) is 84.6 Å². The van der Waals surface area contributed by atoms with Gasteiger partial charge in [-0.2, -0.15) is 0 Å². The molecule has 0 spiro atoms. The van der Waals surface area contributed by atoms with E-state index >= 15 is 0 Å². The molecule has 0 bridgehead atoms. The molecule has 7 nitrogen and oxygen atoms in total. The number of aliphatic hydroxyl groups excluding tert-OH is 1. The van der Waals surface area contributed by atoms with Gasteiger partial charge in [-0.3, -0.25) is 9.59 Å². The van der Waals surface area contributed by atoms with E-state index in [1.54, 1.807) is 56.7 Å². The van der Waals surface area contributed by atoms with Crippen LogP contribution in [0.3, 0.4) is 0 Å². The van der Waals surface area contributed by atoms with Gasteiger partial charge in [0.15, 0.2) is 0 Å². The minimum Gasteiger partial charge on any atom is -0.507 e. The lowest BCUT2D eigenvalue weighted by Crippen LogP contribution is -2.31. The first kappa shape index (κ1) is 23.2. The number of likely N-dealkylation sites (tertiary alicyclic amines) is 1. The van der Waals surface area contributed by atoms with Crippen molar-refractivity contribution in [1.82, 2.24) is 9.88 Å². The molecule has 4 aromatic rings. The highest BCUT2D eigenvalue weighted by atomic mass is 16.5. The lowest BCUT2D eigenvalue weighted by molar-refractivity contribution is -0.139. The fraction of sp³-hybridized carbons (Fsp3) is 0.172. The number of rotatable bonds is 7. The fourth-order valence-electron chi connectivity index (χ4n) is 4.75. The van der Waals surface area contributed by atoms with Gasteiger partial charge in [-0.05, 0) is 60.0 Å². The number of benzene rings is 3. The number of carbonyl (C=O) groups is 2. The molecule has 1 unspecified atom stereocenters. The van der Waals surface area contributed by atoms with Crippen LogP contribution in [0.2, 0.25) is 0 Å². The van der Waals surface area contributed by atoms with Gasteiger partial charge in [-0.1, -0.05) is 30.3 Å². The zero-order valence-electron chi connectivity index (χ0n) is 20.0. The number of methoxy groups -OCH3 is 2. The maximum Gasteiger partial charge on any atom is 0.295 e. The maximum atomic E-state index is 13.3. The number of amides is 1. The summed E-state index contributed by atoms with van der Waals surface area (Å²) in [6.07, 6.45) is 2.47. The van der Waals surface area contributed by atoms with E-state index < -0.39 is 17.7 Å². The number of Topliss-reactive ketones (excluding diaryl/α,β-unsaturated/α-hetero) is 1. The summed E-state index contributed by atoms with van der Waals surface area (Å²) in [6, 6.07) is 21.1. The molecule has 2 N–H and O–H groups in total. The molecule has 1 saturated heterocycles. The van der Waals surface area contributed by atoms with Gasteiger partial charge in [0.2, 0.25) is 0 Å². The molecule has 5 rings (SSSR count). The van der Waals surface area contributed by atoms with Gasteiger partial charge in [-0.15, -0.1) is 0 Å². The molecular formula is C29H26N2O5. The third kappa shape index (κ3) is 4.09. The third-order valence-electron chi connectivity index (χ3n) is 6.61. The SMILES string of the molecule is COc1ccc(C(O)=C2C(=O)C(=O)N(CCc3c[nH]c4ccccc34)C2c2cccc(OC)c2)cc1. The van der Waals surface area contributed by atoms with E-state index in [-0.39, 0.29) is 11.3 Å². The van der Waals surface area contributed by atoms with Crippen LogP contribution in [0.1, 0.15) is 22.7 Å². The van der Waals surface area contributed by atoms with E-state index in [0.717, 1.165) is 16.5 Å². The topological polar surface area (TPSA) is 91.9 Å². The second kappa shape index (κ2) is 9.62. The van der Waals surface area contributed by atoms with Crippen molar-refractivity contribution in [2.45, 2.75) is 12.5 Å². The van der Waals surface area contributed by atoms with Gasteiger partial charge >= 0.3 is 0 Å². The summed E-state index contributed by atoms with van der Waals surface area (Å²) in [5.74, 6) is -0.361. The Morgan fingerprint density at radius 1 is 0.944 bits per heavy atom.